The molecule has 0 bridgehead atoms. The number of nitrogens with zero attached hydrogens (tertiary/aromatic N) is 4. The monoisotopic (exact) mass is 446 g/mol. The van der Waals surface area contributed by atoms with Crippen molar-refractivity contribution < 1.29 is 22.4 Å². The Balaban J connectivity index is 2.01. The third-order valence-corrected chi connectivity index (χ3v) is 4.63. The summed E-state index contributed by atoms with van der Waals surface area (Å²) in [5.74, 6) is -1.25. The van der Waals surface area contributed by atoms with Crippen LogP contribution in [0.4, 0.5) is 23.2 Å². The topological polar surface area (TPSA) is 106 Å². The Hall–Kier alpha value is -3.89. The lowest BCUT2D eigenvalue weighted by Gasteiger charge is -2.13. The fourth-order valence-corrected chi connectivity index (χ4v) is 3.01. The van der Waals surface area contributed by atoms with E-state index in [0.29, 0.717) is 5.56 Å². The van der Waals surface area contributed by atoms with Crippen molar-refractivity contribution >= 4 is 28.3 Å². The van der Waals surface area contributed by atoms with Gasteiger partial charge in [0.25, 0.3) is 5.91 Å². The molecule has 2 heterocycles. The van der Waals surface area contributed by atoms with Crippen molar-refractivity contribution in [1.82, 2.24) is 15.0 Å². The van der Waals surface area contributed by atoms with Crippen LogP contribution in [0.25, 0.3) is 22.4 Å². The first-order valence-electron chi connectivity index (χ1n) is 9.24. The molecule has 2 aromatic heterocycles. The number of carbonyl (C=O) groups excluding carboxylic acids is 1. The van der Waals surface area contributed by atoms with E-state index in [0.717, 1.165) is 18.5 Å². The number of pyridine rings is 1. The van der Waals surface area contributed by atoms with Crippen LogP contribution >= 0.6 is 0 Å². The number of hydrogen-bond donors (Lipinski definition) is 2. The zero-order valence-corrected chi connectivity index (χ0v) is 17.3. The number of aryl methyl sites for hydroxylation is 1. The molecular formula is C21H18F4N6O. The fraction of sp³-hybridized carbons (Fsp3) is 0.190. The maximum absolute atomic E-state index is 14.9. The molecule has 1 aromatic carbocycles. The molecule has 0 saturated carbocycles. The number of nitrogens with one attached hydrogen (secondary N) is 1. The van der Waals surface area contributed by atoms with Gasteiger partial charge < -0.3 is 11.1 Å². The van der Waals surface area contributed by atoms with Gasteiger partial charge >= 0.3 is 6.18 Å². The van der Waals surface area contributed by atoms with Crippen LogP contribution in [0.15, 0.2) is 41.7 Å². The number of aliphatic imine (C=N–C) groups is 1. The standard InChI is InChI=1S/C21H18F4N6O/c1-10-8-16(21(23,24)25)29-15-9-28-19(31-18(10)15)12-4-5-13(17(22)11(12)2)30-20(32)14(27-3)6-7-26/h4-9H,26H2,1-3H3,(H,30,32). The maximum Gasteiger partial charge on any atom is 0.433 e. The molecule has 0 spiro atoms. The number of nitrogens with two attached hydrogens (primary N) is 1. The second-order valence-corrected chi connectivity index (χ2v) is 6.77. The summed E-state index contributed by atoms with van der Waals surface area (Å²) in [5.41, 5.74) is 5.05. The van der Waals surface area contributed by atoms with Crippen molar-refractivity contribution in [2.24, 2.45) is 10.7 Å². The summed E-state index contributed by atoms with van der Waals surface area (Å²) >= 11 is 0. The largest absolute Gasteiger partial charge is 0.433 e. The number of aromatic nitrogens is 3. The summed E-state index contributed by atoms with van der Waals surface area (Å²) in [4.78, 5) is 27.9. The van der Waals surface area contributed by atoms with Gasteiger partial charge in [0.15, 0.2) is 5.82 Å². The van der Waals surface area contributed by atoms with Gasteiger partial charge in [-0.05, 0) is 55.4 Å². The zero-order valence-electron chi connectivity index (χ0n) is 17.3. The second-order valence-electron chi connectivity index (χ2n) is 6.77. The van der Waals surface area contributed by atoms with Crippen LogP contribution in [0.5, 0.6) is 0 Å². The first-order chi connectivity index (χ1) is 15.1. The normalized spacial score (nSPS) is 12.5. The quantitative estimate of drug-likeness (QED) is 0.466. The Labute approximate surface area is 180 Å². The SMILES string of the molecule is CN=C(C=CN)C(=O)Nc1ccc(-c2ncc3nc(C(F)(F)F)cc(C)c3n2)c(C)c1F. The predicted molar refractivity (Wildman–Crippen MR) is 113 cm³/mol. The minimum atomic E-state index is -4.60. The van der Waals surface area contributed by atoms with Crippen LogP contribution in [0.1, 0.15) is 16.8 Å². The van der Waals surface area contributed by atoms with E-state index in [1.165, 1.54) is 39.1 Å². The third-order valence-electron chi connectivity index (χ3n) is 4.63. The van der Waals surface area contributed by atoms with E-state index < -0.39 is 23.6 Å². The third kappa shape index (κ3) is 4.41. The summed E-state index contributed by atoms with van der Waals surface area (Å²) < 4.78 is 53.9. The molecule has 1 amide bonds. The number of halogens is 4. The summed E-state index contributed by atoms with van der Waals surface area (Å²) in [5, 5.41) is 2.42. The number of amides is 1. The van der Waals surface area contributed by atoms with Crippen molar-refractivity contribution in [3.8, 4) is 11.4 Å². The lowest BCUT2D eigenvalue weighted by molar-refractivity contribution is -0.141. The van der Waals surface area contributed by atoms with E-state index in [9.17, 15) is 22.4 Å². The lowest BCUT2D eigenvalue weighted by Crippen LogP contribution is -2.22. The van der Waals surface area contributed by atoms with Crippen molar-refractivity contribution in [1.29, 1.82) is 0 Å². The van der Waals surface area contributed by atoms with Crippen LogP contribution in [0.3, 0.4) is 0 Å². The molecule has 11 heteroatoms. The molecule has 0 aliphatic rings. The van der Waals surface area contributed by atoms with Crippen LogP contribution < -0.4 is 11.1 Å². The second kappa shape index (κ2) is 8.69. The number of anilines is 1. The molecule has 0 saturated heterocycles. The van der Waals surface area contributed by atoms with E-state index >= 15 is 0 Å². The van der Waals surface area contributed by atoms with Crippen LogP contribution in [-0.4, -0.2) is 33.6 Å². The molecule has 7 nitrogen and oxygen atoms in total. The molecule has 0 atom stereocenters. The first-order valence-corrected chi connectivity index (χ1v) is 9.24. The van der Waals surface area contributed by atoms with Gasteiger partial charge in [-0.2, -0.15) is 13.2 Å². The van der Waals surface area contributed by atoms with E-state index in [2.05, 4.69) is 25.3 Å². The number of fused-ring (bicyclic) bond motifs is 1. The van der Waals surface area contributed by atoms with Gasteiger partial charge in [-0.25, -0.2) is 19.3 Å². The number of hydrogen-bond acceptors (Lipinski definition) is 6. The number of benzene rings is 1. The average molecular weight is 446 g/mol. The minimum Gasteiger partial charge on any atom is -0.405 e. The van der Waals surface area contributed by atoms with Gasteiger partial charge in [0.2, 0.25) is 0 Å². The Kier molecular flexibility index (Phi) is 6.19. The molecule has 166 valence electrons. The smallest absolute Gasteiger partial charge is 0.405 e. The average Bonchev–Trinajstić information content (AvgIpc) is 2.74. The van der Waals surface area contributed by atoms with Gasteiger partial charge in [0, 0.05) is 12.6 Å². The van der Waals surface area contributed by atoms with Crippen LogP contribution in [-0.2, 0) is 11.0 Å². The molecule has 3 aromatic rings. The molecular weight excluding hydrogens is 428 g/mol. The first kappa shape index (κ1) is 22.8. The molecule has 32 heavy (non-hydrogen) atoms. The maximum atomic E-state index is 14.9. The van der Waals surface area contributed by atoms with E-state index in [1.807, 2.05) is 0 Å². The molecule has 0 fully saturated rings. The van der Waals surface area contributed by atoms with E-state index in [4.69, 9.17) is 5.73 Å². The highest BCUT2D eigenvalue weighted by Crippen LogP contribution is 2.32. The number of carbonyl (C=O) groups is 1. The molecule has 0 unspecified atom stereocenters. The summed E-state index contributed by atoms with van der Waals surface area (Å²) in [6.07, 6.45) is -1.02. The Morgan fingerprint density at radius 1 is 1.22 bits per heavy atom. The molecule has 3 rings (SSSR count). The highest BCUT2D eigenvalue weighted by molar-refractivity contribution is 6.47. The van der Waals surface area contributed by atoms with Crippen LogP contribution in [0.2, 0.25) is 0 Å². The Morgan fingerprint density at radius 3 is 2.56 bits per heavy atom. The molecule has 0 aliphatic heterocycles. The highest BCUT2D eigenvalue weighted by Gasteiger charge is 2.33. The lowest BCUT2D eigenvalue weighted by atomic mass is 10.1. The van der Waals surface area contributed by atoms with Crippen molar-refractivity contribution in [2.75, 3.05) is 12.4 Å². The minimum absolute atomic E-state index is 0.00712. The Bertz CT molecular complexity index is 1270. The number of rotatable bonds is 4. The van der Waals surface area contributed by atoms with Gasteiger partial charge in [-0.1, -0.05) is 0 Å². The molecule has 3 N–H and O–H groups in total. The van der Waals surface area contributed by atoms with Crippen molar-refractivity contribution in [2.45, 2.75) is 20.0 Å². The molecule has 0 aliphatic carbocycles. The van der Waals surface area contributed by atoms with Crippen molar-refractivity contribution in [3.05, 3.63) is 59.3 Å². The van der Waals surface area contributed by atoms with Gasteiger partial charge in [0.05, 0.1) is 17.4 Å². The van der Waals surface area contributed by atoms with Gasteiger partial charge in [-0.3, -0.25) is 9.79 Å². The zero-order chi connectivity index (χ0) is 23.6. The summed E-state index contributed by atoms with van der Waals surface area (Å²) in [6, 6.07) is 3.73. The van der Waals surface area contributed by atoms with E-state index in [-0.39, 0.29) is 39.4 Å². The molecule has 0 radical (unpaired) electrons. The van der Waals surface area contributed by atoms with Gasteiger partial charge in [-0.15, -0.1) is 0 Å². The highest BCUT2D eigenvalue weighted by atomic mass is 19.4. The summed E-state index contributed by atoms with van der Waals surface area (Å²) in [7, 11) is 1.39. The van der Waals surface area contributed by atoms with Gasteiger partial charge in [0.1, 0.15) is 22.7 Å². The van der Waals surface area contributed by atoms with Crippen molar-refractivity contribution in [3.63, 3.8) is 0 Å². The predicted octanol–water partition coefficient (Wildman–Crippen LogP) is 3.95. The summed E-state index contributed by atoms with van der Waals surface area (Å²) in [6.45, 7) is 2.95. The van der Waals surface area contributed by atoms with Crippen LogP contribution in [0, 0.1) is 19.7 Å². The van der Waals surface area contributed by atoms with E-state index in [1.54, 1.807) is 0 Å². The Morgan fingerprint density at radius 2 is 1.94 bits per heavy atom. The fourth-order valence-electron chi connectivity index (χ4n) is 3.01. The number of alkyl halides is 3.